The summed E-state index contributed by atoms with van der Waals surface area (Å²) in [6.07, 6.45) is 1.19. The minimum Gasteiger partial charge on any atom is -0.496 e. The Bertz CT molecular complexity index is 1120. The number of ether oxygens (including phenoxy) is 1. The van der Waals surface area contributed by atoms with E-state index in [9.17, 15) is 25.0 Å². The van der Waals surface area contributed by atoms with Crippen LogP contribution in [0, 0.1) is 20.2 Å². The number of carbonyl (C=O) groups is 1. The number of non-ortho nitro benzene ring substituents is 2. The first-order valence-electron chi connectivity index (χ1n) is 7.73. The summed E-state index contributed by atoms with van der Waals surface area (Å²) in [6, 6.07) is 9.22. The SMILES string of the molecule is COc1ccc([N+](=O)[O-])cc1/C=N/NC(=O)c1cc2cc([N+](=O)[O-])ccc2o1. The molecule has 0 saturated carbocycles. The van der Waals surface area contributed by atoms with Crippen molar-refractivity contribution in [1.29, 1.82) is 0 Å². The zero-order valence-corrected chi connectivity index (χ0v) is 14.3. The Labute approximate surface area is 156 Å². The van der Waals surface area contributed by atoms with E-state index in [4.69, 9.17) is 9.15 Å². The van der Waals surface area contributed by atoms with Crippen LogP contribution in [0.2, 0.25) is 0 Å². The molecule has 1 amide bonds. The molecular weight excluding hydrogens is 372 g/mol. The van der Waals surface area contributed by atoms with E-state index in [2.05, 4.69) is 10.5 Å². The molecule has 11 nitrogen and oxygen atoms in total. The van der Waals surface area contributed by atoms with E-state index in [-0.39, 0.29) is 22.7 Å². The maximum Gasteiger partial charge on any atom is 0.307 e. The van der Waals surface area contributed by atoms with Crippen molar-refractivity contribution >= 4 is 34.5 Å². The van der Waals surface area contributed by atoms with Crippen LogP contribution in [-0.4, -0.2) is 29.1 Å². The monoisotopic (exact) mass is 384 g/mol. The van der Waals surface area contributed by atoms with Gasteiger partial charge in [0.25, 0.3) is 11.4 Å². The Morgan fingerprint density at radius 1 is 1.11 bits per heavy atom. The van der Waals surface area contributed by atoms with Gasteiger partial charge in [-0.2, -0.15) is 5.10 Å². The summed E-state index contributed by atoms with van der Waals surface area (Å²) in [5.41, 5.74) is 2.53. The number of benzene rings is 2. The summed E-state index contributed by atoms with van der Waals surface area (Å²) in [4.78, 5) is 32.7. The van der Waals surface area contributed by atoms with Gasteiger partial charge >= 0.3 is 5.91 Å². The number of fused-ring (bicyclic) bond motifs is 1. The summed E-state index contributed by atoms with van der Waals surface area (Å²) in [6.45, 7) is 0. The van der Waals surface area contributed by atoms with Crippen molar-refractivity contribution in [1.82, 2.24) is 5.43 Å². The third kappa shape index (κ3) is 3.77. The Kier molecular flexibility index (Phi) is 4.98. The molecule has 0 atom stereocenters. The van der Waals surface area contributed by atoms with Crippen LogP contribution in [0.25, 0.3) is 11.0 Å². The lowest BCUT2D eigenvalue weighted by molar-refractivity contribution is -0.385. The van der Waals surface area contributed by atoms with Gasteiger partial charge in [0.1, 0.15) is 11.3 Å². The Balaban J connectivity index is 1.78. The third-order valence-corrected chi connectivity index (χ3v) is 3.73. The molecule has 28 heavy (non-hydrogen) atoms. The Hall–Kier alpha value is -4.28. The van der Waals surface area contributed by atoms with E-state index in [1.54, 1.807) is 0 Å². The lowest BCUT2D eigenvalue weighted by Crippen LogP contribution is -2.16. The van der Waals surface area contributed by atoms with Crippen molar-refractivity contribution in [3.63, 3.8) is 0 Å². The van der Waals surface area contributed by atoms with E-state index in [0.717, 1.165) is 0 Å². The maximum atomic E-state index is 12.2. The molecule has 0 radical (unpaired) electrons. The molecule has 1 heterocycles. The number of nitro benzene ring substituents is 2. The van der Waals surface area contributed by atoms with Gasteiger partial charge in [-0.05, 0) is 18.2 Å². The smallest absolute Gasteiger partial charge is 0.307 e. The highest BCUT2D eigenvalue weighted by atomic mass is 16.6. The molecule has 3 aromatic rings. The summed E-state index contributed by atoms with van der Waals surface area (Å²) in [5, 5.41) is 25.8. The summed E-state index contributed by atoms with van der Waals surface area (Å²) < 4.78 is 10.4. The van der Waals surface area contributed by atoms with Crippen molar-refractivity contribution in [3.05, 3.63) is 74.0 Å². The van der Waals surface area contributed by atoms with Gasteiger partial charge in [-0.15, -0.1) is 0 Å². The predicted octanol–water partition coefficient (Wildman–Crippen LogP) is 3.02. The first kappa shape index (κ1) is 18.5. The summed E-state index contributed by atoms with van der Waals surface area (Å²) in [7, 11) is 1.39. The van der Waals surface area contributed by atoms with Crippen LogP contribution < -0.4 is 10.2 Å². The molecule has 1 aromatic heterocycles. The fraction of sp³-hybridized carbons (Fsp3) is 0.0588. The van der Waals surface area contributed by atoms with Crippen LogP contribution in [0.15, 0.2) is 52.0 Å². The Morgan fingerprint density at radius 3 is 2.46 bits per heavy atom. The number of methoxy groups -OCH3 is 1. The largest absolute Gasteiger partial charge is 0.496 e. The van der Waals surface area contributed by atoms with Crippen LogP contribution >= 0.6 is 0 Å². The number of amides is 1. The van der Waals surface area contributed by atoms with Crippen LogP contribution in [0.4, 0.5) is 11.4 Å². The number of hydrazone groups is 1. The van der Waals surface area contributed by atoms with E-state index >= 15 is 0 Å². The highest BCUT2D eigenvalue weighted by molar-refractivity contribution is 5.97. The van der Waals surface area contributed by atoms with Crippen molar-refractivity contribution in [2.75, 3.05) is 7.11 Å². The number of nitrogens with one attached hydrogen (secondary N) is 1. The Morgan fingerprint density at radius 2 is 1.79 bits per heavy atom. The van der Waals surface area contributed by atoms with E-state index < -0.39 is 15.8 Å². The lowest BCUT2D eigenvalue weighted by Gasteiger charge is -2.03. The van der Waals surface area contributed by atoms with Gasteiger partial charge in [-0.1, -0.05) is 0 Å². The number of hydrogen-bond acceptors (Lipinski definition) is 8. The van der Waals surface area contributed by atoms with Gasteiger partial charge in [0, 0.05) is 35.2 Å². The number of rotatable bonds is 6. The number of furan rings is 1. The lowest BCUT2D eigenvalue weighted by atomic mass is 10.2. The summed E-state index contributed by atoms with van der Waals surface area (Å²) >= 11 is 0. The first-order chi connectivity index (χ1) is 13.4. The quantitative estimate of drug-likeness (QED) is 0.390. The van der Waals surface area contributed by atoms with Crippen LogP contribution in [-0.2, 0) is 0 Å². The average Bonchev–Trinajstić information content (AvgIpc) is 3.11. The van der Waals surface area contributed by atoms with Gasteiger partial charge in [-0.3, -0.25) is 25.0 Å². The van der Waals surface area contributed by atoms with Gasteiger partial charge in [0.15, 0.2) is 5.76 Å². The molecule has 3 rings (SSSR count). The van der Waals surface area contributed by atoms with Crippen LogP contribution in [0.1, 0.15) is 16.1 Å². The summed E-state index contributed by atoms with van der Waals surface area (Å²) in [5.74, 6) is -0.460. The molecule has 11 heteroatoms. The predicted molar refractivity (Wildman–Crippen MR) is 97.6 cm³/mol. The second-order valence-corrected chi connectivity index (χ2v) is 5.47. The fourth-order valence-corrected chi connectivity index (χ4v) is 2.41. The molecule has 1 N–H and O–H groups in total. The van der Waals surface area contributed by atoms with Crippen LogP contribution in [0.3, 0.4) is 0 Å². The molecule has 0 aliphatic heterocycles. The normalized spacial score (nSPS) is 10.9. The molecule has 0 fully saturated rings. The molecular formula is C17H12N4O7. The number of carbonyl (C=O) groups excluding carboxylic acids is 1. The number of nitro groups is 2. The zero-order chi connectivity index (χ0) is 20.3. The van der Waals surface area contributed by atoms with Gasteiger partial charge < -0.3 is 9.15 Å². The highest BCUT2D eigenvalue weighted by Crippen LogP contribution is 2.24. The molecule has 0 aliphatic rings. The average molecular weight is 384 g/mol. The van der Waals surface area contributed by atoms with Gasteiger partial charge in [0.2, 0.25) is 0 Å². The van der Waals surface area contributed by atoms with E-state index in [0.29, 0.717) is 16.7 Å². The molecule has 0 unspecified atom stereocenters. The van der Waals surface area contributed by atoms with Crippen LogP contribution in [0.5, 0.6) is 5.75 Å². The van der Waals surface area contributed by atoms with Gasteiger partial charge in [-0.25, -0.2) is 5.43 Å². The molecule has 0 spiro atoms. The third-order valence-electron chi connectivity index (χ3n) is 3.73. The minimum atomic E-state index is -0.695. The fourth-order valence-electron chi connectivity index (χ4n) is 2.41. The maximum absolute atomic E-state index is 12.2. The standard InChI is InChI=1S/C17H12N4O7/c1-27-14-4-2-13(21(25)26)7-11(14)9-18-19-17(22)16-8-10-6-12(20(23)24)3-5-15(10)28-16/h2-9H,1H3,(H,19,22)/b18-9+. The van der Waals surface area contributed by atoms with E-state index in [1.165, 1.54) is 55.8 Å². The van der Waals surface area contributed by atoms with Crippen molar-refractivity contribution in [3.8, 4) is 5.75 Å². The van der Waals surface area contributed by atoms with Crippen molar-refractivity contribution in [2.24, 2.45) is 5.10 Å². The molecule has 0 aliphatic carbocycles. The minimum absolute atomic E-state index is 0.0985. The highest BCUT2D eigenvalue weighted by Gasteiger charge is 2.15. The topological polar surface area (TPSA) is 150 Å². The molecule has 142 valence electrons. The second kappa shape index (κ2) is 7.53. The van der Waals surface area contributed by atoms with Crippen molar-refractivity contribution in [2.45, 2.75) is 0 Å². The second-order valence-electron chi connectivity index (χ2n) is 5.47. The first-order valence-corrected chi connectivity index (χ1v) is 7.73. The van der Waals surface area contributed by atoms with Gasteiger partial charge in [0.05, 0.1) is 23.2 Å². The zero-order valence-electron chi connectivity index (χ0n) is 14.3. The number of hydrogen-bond donors (Lipinski definition) is 1. The van der Waals surface area contributed by atoms with Crippen molar-refractivity contribution < 1.29 is 23.8 Å². The molecule has 0 bridgehead atoms. The molecule has 0 saturated heterocycles. The van der Waals surface area contributed by atoms with E-state index in [1.807, 2.05) is 0 Å². The molecule has 2 aromatic carbocycles. The number of nitrogens with zero attached hydrogens (tertiary/aromatic N) is 3.